The predicted molar refractivity (Wildman–Crippen MR) is 151 cm³/mol. The standard InChI is InChI=1S/C32H66O/c1-3-5-7-9-11-13-15-16-17-18-19-20-21-22-24-26-28-30-32-33-31-29-27-25-23-14-12-10-8-6-4-2/h3-32H2,1-2H3. The first-order chi connectivity index (χ1) is 16.4. The number of hydrogen-bond donors (Lipinski definition) is 0. The van der Waals surface area contributed by atoms with Gasteiger partial charge in [0.05, 0.1) is 0 Å². The maximum absolute atomic E-state index is 5.83. The van der Waals surface area contributed by atoms with Crippen LogP contribution in [-0.4, -0.2) is 13.2 Å². The Morgan fingerprint density at radius 3 is 0.636 bits per heavy atom. The summed E-state index contributed by atoms with van der Waals surface area (Å²) in [5.74, 6) is 0. The average molecular weight is 467 g/mol. The van der Waals surface area contributed by atoms with E-state index in [-0.39, 0.29) is 0 Å². The largest absolute Gasteiger partial charge is 0.381 e. The van der Waals surface area contributed by atoms with Crippen molar-refractivity contribution < 1.29 is 4.74 Å². The molecule has 200 valence electrons. The summed E-state index contributed by atoms with van der Waals surface area (Å²) in [5, 5.41) is 0. The summed E-state index contributed by atoms with van der Waals surface area (Å²) in [4.78, 5) is 0. The Hall–Kier alpha value is -0.0400. The zero-order valence-corrected chi connectivity index (χ0v) is 23.6. The molecule has 0 spiro atoms. The second-order valence-electron chi connectivity index (χ2n) is 10.8. The van der Waals surface area contributed by atoms with Crippen LogP contribution in [0.15, 0.2) is 0 Å². The molecule has 0 N–H and O–H groups in total. The number of hydrogen-bond acceptors (Lipinski definition) is 1. The van der Waals surface area contributed by atoms with E-state index in [9.17, 15) is 0 Å². The molecule has 0 aliphatic rings. The van der Waals surface area contributed by atoms with Gasteiger partial charge in [-0.05, 0) is 12.8 Å². The zero-order valence-electron chi connectivity index (χ0n) is 23.6. The van der Waals surface area contributed by atoms with Gasteiger partial charge in [0.15, 0.2) is 0 Å². The molecule has 0 fully saturated rings. The van der Waals surface area contributed by atoms with E-state index in [0.29, 0.717) is 0 Å². The lowest BCUT2D eigenvalue weighted by molar-refractivity contribution is 0.125. The highest BCUT2D eigenvalue weighted by Crippen LogP contribution is 2.14. The van der Waals surface area contributed by atoms with Crippen molar-refractivity contribution in [2.75, 3.05) is 13.2 Å². The van der Waals surface area contributed by atoms with Crippen molar-refractivity contribution in [3.05, 3.63) is 0 Å². The minimum Gasteiger partial charge on any atom is -0.381 e. The van der Waals surface area contributed by atoms with Crippen molar-refractivity contribution in [2.45, 2.75) is 194 Å². The average Bonchev–Trinajstić information content (AvgIpc) is 2.83. The van der Waals surface area contributed by atoms with E-state index in [1.54, 1.807) is 0 Å². The van der Waals surface area contributed by atoms with Crippen molar-refractivity contribution in [3.8, 4) is 0 Å². The first kappa shape index (κ1) is 33.0. The van der Waals surface area contributed by atoms with E-state index in [0.717, 1.165) is 13.2 Å². The van der Waals surface area contributed by atoms with Crippen molar-refractivity contribution in [2.24, 2.45) is 0 Å². The third-order valence-corrected chi connectivity index (χ3v) is 7.28. The second-order valence-corrected chi connectivity index (χ2v) is 10.8. The molecule has 1 nitrogen and oxygen atoms in total. The first-order valence-corrected chi connectivity index (χ1v) is 16.0. The molecule has 0 aromatic carbocycles. The number of ether oxygens (including phenoxy) is 1. The fourth-order valence-electron chi connectivity index (χ4n) is 4.90. The van der Waals surface area contributed by atoms with Crippen molar-refractivity contribution >= 4 is 0 Å². The van der Waals surface area contributed by atoms with Gasteiger partial charge in [-0.3, -0.25) is 0 Å². The molecule has 0 aliphatic heterocycles. The highest BCUT2D eigenvalue weighted by Gasteiger charge is 1.96. The van der Waals surface area contributed by atoms with E-state index in [1.165, 1.54) is 180 Å². The topological polar surface area (TPSA) is 9.23 Å². The fourth-order valence-corrected chi connectivity index (χ4v) is 4.90. The Morgan fingerprint density at radius 1 is 0.242 bits per heavy atom. The van der Waals surface area contributed by atoms with Crippen LogP contribution < -0.4 is 0 Å². The van der Waals surface area contributed by atoms with Crippen LogP contribution in [0.4, 0.5) is 0 Å². The monoisotopic (exact) mass is 467 g/mol. The number of unbranched alkanes of at least 4 members (excludes halogenated alkanes) is 26. The molecule has 0 aromatic rings. The molecule has 0 amide bonds. The molecule has 0 radical (unpaired) electrons. The van der Waals surface area contributed by atoms with Crippen LogP contribution >= 0.6 is 0 Å². The van der Waals surface area contributed by atoms with Crippen molar-refractivity contribution in [3.63, 3.8) is 0 Å². The van der Waals surface area contributed by atoms with E-state index >= 15 is 0 Å². The SMILES string of the molecule is CCCCCCCCCCCCCCCCCCCCOCCCCCCCCCCCC. The van der Waals surface area contributed by atoms with E-state index < -0.39 is 0 Å². The summed E-state index contributed by atoms with van der Waals surface area (Å²) in [6.45, 7) is 6.59. The Balaban J connectivity index is 2.99. The quantitative estimate of drug-likeness (QED) is 0.0956. The van der Waals surface area contributed by atoms with Gasteiger partial charge in [-0.2, -0.15) is 0 Å². The van der Waals surface area contributed by atoms with Gasteiger partial charge in [-0.25, -0.2) is 0 Å². The summed E-state index contributed by atoms with van der Waals surface area (Å²) in [6, 6.07) is 0. The van der Waals surface area contributed by atoms with Gasteiger partial charge in [0.2, 0.25) is 0 Å². The van der Waals surface area contributed by atoms with E-state index in [2.05, 4.69) is 13.8 Å². The first-order valence-electron chi connectivity index (χ1n) is 16.0. The lowest BCUT2D eigenvalue weighted by atomic mass is 10.0. The molecular formula is C32H66O. The van der Waals surface area contributed by atoms with Crippen molar-refractivity contribution in [1.82, 2.24) is 0 Å². The molecule has 0 saturated heterocycles. The fraction of sp³-hybridized carbons (Fsp3) is 1.00. The minimum absolute atomic E-state index is 0.995. The van der Waals surface area contributed by atoms with Crippen molar-refractivity contribution in [1.29, 1.82) is 0 Å². The smallest absolute Gasteiger partial charge is 0.0466 e. The zero-order chi connectivity index (χ0) is 23.9. The van der Waals surface area contributed by atoms with Gasteiger partial charge in [0.1, 0.15) is 0 Å². The Morgan fingerprint density at radius 2 is 0.424 bits per heavy atom. The number of rotatable bonds is 30. The van der Waals surface area contributed by atoms with Gasteiger partial charge in [0.25, 0.3) is 0 Å². The summed E-state index contributed by atoms with van der Waals surface area (Å²) >= 11 is 0. The summed E-state index contributed by atoms with van der Waals surface area (Å²) in [6.07, 6.45) is 40.1. The summed E-state index contributed by atoms with van der Waals surface area (Å²) in [5.41, 5.74) is 0. The molecule has 0 bridgehead atoms. The van der Waals surface area contributed by atoms with Crippen LogP contribution in [0.3, 0.4) is 0 Å². The minimum atomic E-state index is 0.995. The molecule has 0 atom stereocenters. The lowest BCUT2D eigenvalue weighted by Crippen LogP contribution is -1.97. The van der Waals surface area contributed by atoms with Crippen LogP contribution in [-0.2, 0) is 4.74 Å². The predicted octanol–water partition coefficient (Wildman–Crippen LogP) is 12.0. The molecular weight excluding hydrogens is 400 g/mol. The van der Waals surface area contributed by atoms with Gasteiger partial charge < -0.3 is 4.74 Å². The highest BCUT2D eigenvalue weighted by atomic mass is 16.5. The summed E-state index contributed by atoms with van der Waals surface area (Å²) < 4.78 is 5.83. The maximum atomic E-state index is 5.83. The van der Waals surface area contributed by atoms with Crippen LogP contribution in [0.5, 0.6) is 0 Å². The maximum Gasteiger partial charge on any atom is 0.0466 e. The molecule has 33 heavy (non-hydrogen) atoms. The molecule has 1 heteroatoms. The third kappa shape index (κ3) is 32.0. The third-order valence-electron chi connectivity index (χ3n) is 7.28. The molecule has 0 heterocycles. The molecule has 0 aromatic heterocycles. The highest BCUT2D eigenvalue weighted by molar-refractivity contribution is 4.51. The molecule has 0 aliphatic carbocycles. The second kappa shape index (κ2) is 32.0. The molecule has 0 saturated carbocycles. The Labute approximate surface area is 211 Å². The van der Waals surface area contributed by atoms with E-state index in [1.807, 2.05) is 0 Å². The summed E-state index contributed by atoms with van der Waals surface area (Å²) in [7, 11) is 0. The Kier molecular flexibility index (Phi) is 31.9. The molecule has 0 rings (SSSR count). The van der Waals surface area contributed by atoms with Crippen LogP contribution in [0.2, 0.25) is 0 Å². The lowest BCUT2D eigenvalue weighted by Gasteiger charge is -2.05. The van der Waals surface area contributed by atoms with Crippen LogP contribution in [0.1, 0.15) is 194 Å². The van der Waals surface area contributed by atoms with Gasteiger partial charge in [-0.1, -0.05) is 181 Å². The van der Waals surface area contributed by atoms with Gasteiger partial charge in [0, 0.05) is 13.2 Å². The van der Waals surface area contributed by atoms with E-state index in [4.69, 9.17) is 4.74 Å². The van der Waals surface area contributed by atoms with Gasteiger partial charge >= 0.3 is 0 Å². The Bertz CT molecular complexity index is 284. The van der Waals surface area contributed by atoms with Gasteiger partial charge in [-0.15, -0.1) is 0 Å². The normalized spacial score (nSPS) is 11.5. The van der Waals surface area contributed by atoms with Crippen LogP contribution in [0.25, 0.3) is 0 Å². The van der Waals surface area contributed by atoms with Crippen LogP contribution in [0, 0.1) is 0 Å². The molecule has 0 unspecified atom stereocenters.